The number of rotatable bonds is 2. The van der Waals surface area contributed by atoms with Crippen molar-refractivity contribution in [1.82, 2.24) is 5.32 Å². The van der Waals surface area contributed by atoms with Crippen molar-refractivity contribution < 1.29 is 8.78 Å². The summed E-state index contributed by atoms with van der Waals surface area (Å²) in [6, 6.07) is 4.80. The molecule has 1 aliphatic heterocycles. The van der Waals surface area contributed by atoms with Gasteiger partial charge in [0.05, 0.1) is 4.47 Å². The minimum Gasteiger partial charge on any atom is -0.317 e. The molecular formula is C12H14BrF2N. The second-order valence-electron chi connectivity index (χ2n) is 4.13. The molecule has 1 heterocycles. The normalized spacial score (nSPS) is 19.7. The average Bonchev–Trinajstić information content (AvgIpc) is 2.33. The lowest BCUT2D eigenvalue weighted by molar-refractivity contribution is 0.185. The zero-order chi connectivity index (χ0) is 11.5. The molecule has 1 atom stereocenters. The van der Waals surface area contributed by atoms with E-state index < -0.39 is 12.0 Å². The highest BCUT2D eigenvalue weighted by molar-refractivity contribution is 9.10. The summed E-state index contributed by atoms with van der Waals surface area (Å²) in [6.07, 6.45) is 0.347. The van der Waals surface area contributed by atoms with E-state index in [2.05, 4.69) is 21.2 Å². The maximum absolute atomic E-state index is 14.2. The van der Waals surface area contributed by atoms with Crippen molar-refractivity contribution in [1.29, 1.82) is 0 Å². The van der Waals surface area contributed by atoms with Crippen molar-refractivity contribution in [3.63, 3.8) is 0 Å². The molecule has 1 aliphatic rings. The van der Waals surface area contributed by atoms with Crippen LogP contribution in [-0.4, -0.2) is 13.1 Å². The molecule has 4 heteroatoms. The zero-order valence-corrected chi connectivity index (χ0v) is 10.4. The van der Waals surface area contributed by atoms with Crippen LogP contribution in [0.5, 0.6) is 0 Å². The minimum atomic E-state index is -1.19. The van der Waals surface area contributed by atoms with Gasteiger partial charge in [0, 0.05) is 5.56 Å². The van der Waals surface area contributed by atoms with E-state index in [1.807, 2.05) is 0 Å². The van der Waals surface area contributed by atoms with Crippen LogP contribution in [0.2, 0.25) is 0 Å². The van der Waals surface area contributed by atoms with Crippen molar-refractivity contribution in [2.75, 3.05) is 13.1 Å². The maximum Gasteiger partial charge on any atom is 0.143 e. The molecule has 0 saturated carbocycles. The predicted octanol–water partition coefficient (Wildman–Crippen LogP) is 3.60. The molecule has 0 bridgehead atoms. The predicted molar refractivity (Wildman–Crippen MR) is 63.5 cm³/mol. The van der Waals surface area contributed by atoms with Gasteiger partial charge in [-0.05, 0) is 53.8 Å². The Hall–Kier alpha value is -0.480. The Bertz CT molecular complexity index is 364. The summed E-state index contributed by atoms with van der Waals surface area (Å²) in [5.74, 6) is -0.529. The average molecular weight is 290 g/mol. The van der Waals surface area contributed by atoms with Gasteiger partial charge in [-0.15, -0.1) is 0 Å². The number of hydrogen-bond acceptors (Lipinski definition) is 1. The number of piperidine rings is 1. The van der Waals surface area contributed by atoms with Crippen molar-refractivity contribution in [3.8, 4) is 0 Å². The van der Waals surface area contributed by atoms with Gasteiger partial charge in [0.2, 0.25) is 0 Å². The Labute approximate surface area is 102 Å². The standard InChI is InChI=1S/C12H14BrF2N/c13-10-3-1-2-9(12(10)15)11(14)8-4-6-16-7-5-8/h1-3,8,11,16H,4-7H2. The molecular weight excluding hydrogens is 276 g/mol. The summed E-state index contributed by atoms with van der Waals surface area (Å²) >= 11 is 3.08. The molecule has 1 aromatic carbocycles. The lowest BCUT2D eigenvalue weighted by Gasteiger charge is -2.26. The lowest BCUT2D eigenvalue weighted by atomic mass is 9.89. The Balaban J connectivity index is 2.19. The van der Waals surface area contributed by atoms with Gasteiger partial charge in [0.15, 0.2) is 0 Å². The monoisotopic (exact) mass is 289 g/mol. The molecule has 1 N–H and O–H groups in total. The molecule has 2 rings (SSSR count). The first-order valence-corrected chi connectivity index (χ1v) is 6.28. The second kappa shape index (κ2) is 5.23. The zero-order valence-electron chi connectivity index (χ0n) is 8.85. The largest absolute Gasteiger partial charge is 0.317 e. The van der Waals surface area contributed by atoms with Gasteiger partial charge in [-0.3, -0.25) is 0 Å². The number of nitrogens with one attached hydrogen (secondary N) is 1. The fourth-order valence-corrected chi connectivity index (χ4v) is 2.51. The molecule has 1 saturated heterocycles. The first-order valence-electron chi connectivity index (χ1n) is 5.49. The van der Waals surface area contributed by atoms with Crippen molar-refractivity contribution >= 4 is 15.9 Å². The fourth-order valence-electron chi connectivity index (χ4n) is 2.12. The molecule has 0 aliphatic carbocycles. The first-order chi connectivity index (χ1) is 7.70. The van der Waals surface area contributed by atoms with E-state index >= 15 is 0 Å². The number of alkyl halides is 1. The summed E-state index contributed by atoms with van der Waals surface area (Å²) in [7, 11) is 0. The third kappa shape index (κ3) is 2.43. The molecule has 1 aromatic rings. The quantitative estimate of drug-likeness (QED) is 0.877. The van der Waals surface area contributed by atoms with Crippen molar-refractivity contribution in [2.24, 2.45) is 5.92 Å². The molecule has 1 fully saturated rings. The topological polar surface area (TPSA) is 12.0 Å². The van der Waals surface area contributed by atoms with Crippen LogP contribution in [0.25, 0.3) is 0 Å². The van der Waals surface area contributed by atoms with Gasteiger partial charge < -0.3 is 5.32 Å². The Morgan fingerprint density at radius 3 is 2.69 bits per heavy atom. The van der Waals surface area contributed by atoms with E-state index in [-0.39, 0.29) is 11.5 Å². The number of halogens is 3. The molecule has 1 unspecified atom stereocenters. The Morgan fingerprint density at radius 1 is 1.31 bits per heavy atom. The third-order valence-corrected chi connectivity index (χ3v) is 3.69. The SMILES string of the molecule is Fc1c(Br)cccc1C(F)C1CCNCC1. The molecule has 0 aromatic heterocycles. The van der Waals surface area contributed by atoms with E-state index in [1.165, 1.54) is 6.07 Å². The summed E-state index contributed by atoms with van der Waals surface area (Å²) < 4.78 is 28.2. The van der Waals surface area contributed by atoms with E-state index in [4.69, 9.17) is 0 Å². The summed E-state index contributed by atoms with van der Waals surface area (Å²) in [4.78, 5) is 0. The lowest BCUT2D eigenvalue weighted by Crippen LogP contribution is -2.30. The van der Waals surface area contributed by atoms with Gasteiger partial charge in [-0.1, -0.05) is 12.1 Å². The molecule has 1 nitrogen and oxygen atoms in total. The highest BCUT2D eigenvalue weighted by Gasteiger charge is 2.27. The van der Waals surface area contributed by atoms with Crippen LogP contribution in [-0.2, 0) is 0 Å². The summed E-state index contributed by atoms with van der Waals surface area (Å²) in [6.45, 7) is 1.64. The Kier molecular flexibility index (Phi) is 3.92. The van der Waals surface area contributed by atoms with Gasteiger partial charge >= 0.3 is 0 Å². The molecule has 16 heavy (non-hydrogen) atoms. The molecule has 0 spiro atoms. The van der Waals surface area contributed by atoms with Crippen LogP contribution in [0.3, 0.4) is 0 Å². The van der Waals surface area contributed by atoms with Crippen LogP contribution in [0, 0.1) is 11.7 Å². The summed E-state index contributed by atoms with van der Waals surface area (Å²) in [5.41, 5.74) is 0.182. The van der Waals surface area contributed by atoms with Crippen molar-refractivity contribution in [2.45, 2.75) is 19.0 Å². The van der Waals surface area contributed by atoms with Gasteiger partial charge in [0.1, 0.15) is 12.0 Å². The second-order valence-corrected chi connectivity index (χ2v) is 4.99. The van der Waals surface area contributed by atoms with Crippen LogP contribution in [0.4, 0.5) is 8.78 Å². The molecule has 0 radical (unpaired) electrons. The fraction of sp³-hybridized carbons (Fsp3) is 0.500. The Morgan fingerprint density at radius 2 is 2.00 bits per heavy atom. The van der Waals surface area contributed by atoms with Crippen LogP contribution in [0.15, 0.2) is 22.7 Å². The maximum atomic E-state index is 14.2. The van der Waals surface area contributed by atoms with E-state index in [0.717, 1.165) is 25.9 Å². The van der Waals surface area contributed by atoms with E-state index in [9.17, 15) is 8.78 Å². The molecule has 0 amide bonds. The van der Waals surface area contributed by atoms with Gasteiger partial charge in [0.25, 0.3) is 0 Å². The first kappa shape index (κ1) is 12.0. The van der Waals surface area contributed by atoms with Gasteiger partial charge in [-0.2, -0.15) is 0 Å². The van der Waals surface area contributed by atoms with Crippen LogP contribution < -0.4 is 5.32 Å². The summed E-state index contributed by atoms with van der Waals surface area (Å²) in [5, 5.41) is 3.18. The van der Waals surface area contributed by atoms with Crippen LogP contribution >= 0.6 is 15.9 Å². The van der Waals surface area contributed by atoms with Crippen LogP contribution in [0.1, 0.15) is 24.6 Å². The van der Waals surface area contributed by atoms with E-state index in [0.29, 0.717) is 4.47 Å². The third-order valence-electron chi connectivity index (χ3n) is 3.08. The highest BCUT2D eigenvalue weighted by atomic mass is 79.9. The number of hydrogen-bond donors (Lipinski definition) is 1. The highest BCUT2D eigenvalue weighted by Crippen LogP contribution is 2.35. The van der Waals surface area contributed by atoms with Crippen molar-refractivity contribution in [3.05, 3.63) is 34.1 Å². The van der Waals surface area contributed by atoms with Gasteiger partial charge in [-0.25, -0.2) is 8.78 Å². The smallest absolute Gasteiger partial charge is 0.143 e. The van der Waals surface area contributed by atoms with E-state index in [1.54, 1.807) is 12.1 Å². The molecule has 88 valence electrons. The number of benzene rings is 1. The minimum absolute atomic E-state index is 0.0648.